The van der Waals surface area contributed by atoms with Crippen molar-refractivity contribution in [1.29, 1.82) is 0 Å². The van der Waals surface area contributed by atoms with Crippen LogP contribution < -0.4 is 9.47 Å². The molecule has 0 heterocycles. The first kappa shape index (κ1) is 18.3. The lowest BCUT2D eigenvalue weighted by atomic mass is 10.3. The molecule has 0 N–H and O–H groups in total. The molecule has 0 aliphatic carbocycles. The second kappa shape index (κ2) is 7.69. The van der Waals surface area contributed by atoms with Crippen molar-refractivity contribution in [3.63, 3.8) is 0 Å². The molecule has 0 aromatic heterocycles. The molecule has 0 saturated heterocycles. The minimum atomic E-state index is -3.77. The first-order valence-electron chi connectivity index (χ1n) is 6.51. The van der Waals surface area contributed by atoms with Crippen LogP contribution in [0.2, 0.25) is 5.02 Å². The van der Waals surface area contributed by atoms with E-state index >= 15 is 0 Å². The van der Waals surface area contributed by atoms with Gasteiger partial charge in [0, 0.05) is 22.8 Å². The first-order chi connectivity index (χ1) is 11.3. The van der Waals surface area contributed by atoms with E-state index in [0.717, 1.165) is 0 Å². The largest absolute Gasteiger partial charge is 0.490 e. The molecule has 0 amide bonds. The van der Waals surface area contributed by atoms with Crippen molar-refractivity contribution >= 4 is 37.0 Å². The number of hydrogen-bond acceptors (Lipinski definition) is 6. The Labute approximate surface area is 147 Å². The van der Waals surface area contributed by atoms with Gasteiger partial charge < -0.3 is 9.47 Å². The van der Waals surface area contributed by atoms with Crippen LogP contribution in [0.4, 0.5) is 5.69 Å². The molecule has 0 unspecified atom stereocenters. The summed E-state index contributed by atoms with van der Waals surface area (Å²) in [6.07, 6.45) is 0. The minimum Gasteiger partial charge on any atom is -0.490 e. The molecule has 128 valence electrons. The number of hydrogen-bond donors (Lipinski definition) is 0. The lowest BCUT2D eigenvalue weighted by Gasteiger charge is -2.09. The molecule has 0 atom stereocenters. The van der Waals surface area contributed by atoms with Crippen LogP contribution in [-0.2, 0) is 9.05 Å². The van der Waals surface area contributed by atoms with Gasteiger partial charge in [0.05, 0.1) is 14.8 Å². The molecule has 2 rings (SSSR count). The topological polar surface area (TPSA) is 95.7 Å². The average molecular weight is 392 g/mol. The van der Waals surface area contributed by atoms with Gasteiger partial charge >= 0.3 is 0 Å². The molecule has 0 spiro atoms. The van der Waals surface area contributed by atoms with Crippen LogP contribution in [0.1, 0.15) is 0 Å². The van der Waals surface area contributed by atoms with Crippen LogP contribution in [0.25, 0.3) is 0 Å². The SMILES string of the molecule is O=[N+]([O-])c1ccc(OCCOc2ccc(S(=O)(=O)Cl)cc2)c(Cl)c1. The van der Waals surface area contributed by atoms with Crippen molar-refractivity contribution in [2.24, 2.45) is 0 Å². The molecular weight excluding hydrogens is 381 g/mol. The summed E-state index contributed by atoms with van der Waals surface area (Å²) in [6, 6.07) is 9.47. The zero-order chi connectivity index (χ0) is 17.7. The second-order valence-electron chi connectivity index (χ2n) is 4.48. The van der Waals surface area contributed by atoms with Crippen molar-refractivity contribution in [2.45, 2.75) is 4.90 Å². The Bertz CT molecular complexity index is 839. The van der Waals surface area contributed by atoms with Crippen LogP contribution in [0.5, 0.6) is 11.5 Å². The van der Waals surface area contributed by atoms with Crippen LogP contribution in [0, 0.1) is 10.1 Å². The van der Waals surface area contributed by atoms with E-state index in [2.05, 4.69) is 0 Å². The van der Waals surface area contributed by atoms with Gasteiger partial charge in [0.2, 0.25) is 0 Å². The van der Waals surface area contributed by atoms with E-state index in [4.69, 9.17) is 31.8 Å². The maximum atomic E-state index is 11.1. The molecular formula is C14H11Cl2NO6S. The van der Waals surface area contributed by atoms with Gasteiger partial charge in [-0.2, -0.15) is 0 Å². The molecule has 0 aliphatic heterocycles. The molecule has 2 aromatic rings. The second-order valence-corrected chi connectivity index (χ2v) is 7.45. The Kier molecular flexibility index (Phi) is 5.87. The van der Waals surface area contributed by atoms with Crippen molar-refractivity contribution < 1.29 is 22.8 Å². The molecule has 0 aliphatic rings. The first-order valence-corrected chi connectivity index (χ1v) is 9.20. The molecule has 0 radical (unpaired) electrons. The number of ether oxygens (including phenoxy) is 2. The number of halogens is 2. The lowest BCUT2D eigenvalue weighted by molar-refractivity contribution is -0.384. The number of nitro benzene ring substituents is 1. The van der Waals surface area contributed by atoms with Gasteiger partial charge in [-0.15, -0.1) is 0 Å². The Morgan fingerprint density at radius 1 is 1.04 bits per heavy atom. The van der Waals surface area contributed by atoms with Gasteiger partial charge in [-0.05, 0) is 30.3 Å². The Morgan fingerprint density at radius 3 is 2.21 bits per heavy atom. The standard InChI is InChI=1S/C14H11Cl2NO6S/c15-13-9-10(17(18)19)1-6-14(13)23-8-7-22-11-2-4-12(5-3-11)24(16,20)21/h1-6,9H,7-8H2. The van der Waals surface area contributed by atoms with Gasteiger partial charge in [0.1, 0.15) is 24.7 Å². The van der Waals surface area contributed by atoms with Crippen LogP contribution in [-0.4, -0.2) is 26.6 Å². The maximum absolute atomic E-state index is 11.1. The van der Waals surface area contributed by atoms with Gasteiger partial charge in [-0.1, -0.05) is 11.6 Å². The smallest absolute Gasteiger partial charge is 0.271 e. The van der Waals surface area contributed by atoms with E-state index in [1.807, 2.05) is 0 Å². The summed E-state index contributed by atoms with van der Waals surface area (Å²) in [6.45, 7) is 0.313. The van der Waals surface area contributed by atoms with E-state index < -0.39 is 14.0 Å². The van der Waals surface area contributed by atoms with E-state index in [1.54, 1.807) is 0 Å². The normalized spacial score (nSPS) is 11.1. The zero-order valence-electron chi connectivity index (χ0n) is 12.0. The summed E-state index contributed by atoms with van der Waals surface area (Å²) >= 11 is 5.89. The third kappa shape index (κ3) is 4.98. The van der Waals surface area contributed by atoms with E-state index in [9.17, 15) is 18.5 Å². The molecule has 24 heavy (non-hydrogen) atoms. The monoisotopic (exact) mass is 391 g/mol. The van der Waals surface area contributed by atoms with Gasteiger partial charge in [0.25, 0.3) is 14.7 Å². The van der Waals surface area contributed by atoms with Crippen molar-refractivity contribution in [3.8, 4) is 11.5 Å². The van der Waals surface area contributed by atoms with Crippen LogP contribution in [0.15, 0.2) is 47.4 Å². The number of non-ortho nitro benzene ring substituents is 1. The number of benzene rings is 2. The Morgan fingerprint density at radius 2 is 1.67 bits per heavy atom. The molecule has 10 heteroatoms. The summed E-state index contributed by atoms with van der Waals surface area (Å²) in [4.78, 5) is 10.0. The van der Waals surface area contributed by atoms with E-state index in [-0.39, 0.29) is 28.8 Å². The third-order valence-electron chi connectivity index (χ3n) is 2.84. The molecule has 0 bridgehead atoms. The van der Waals surface area contributed by atoms with E-state index in [0.29, 0.717) is 11.5 Å². The van der Waals surface area contributed by atoms with Gasteiger partial charge in [-0.3, -0.25) is 10.1 Å². The average Bonchev–Trinajstić information content (AvgIpc) is 2.52. The van der Waals surface area contributed by atoms with Gasteiger partial charge in [0.15, 0.2) is 0 Å². The number of rotatable bonds is 7. The maximum Gasteiger partial charge on any atom is 0.271 e. The third-order valence-corrected chi connectivity index (χ3v) is 4.51. The quantitative estimate of drug-likeness (QED) is 0.309. The fourth-order valence-corrected chi connectivity index (χ4v) is 2.73. The highest BCUT2D eigenvalue weighted by Gasteiger charge is 2.11. The van der Waals surface area contributed by atoms with Crippen LogP contribution >= 0.6 is 22.3 Å². The van der Waals surface area contributed by atoms with Gasteiger partial charge in [-0.25, -0.2) is 8.42 Å². The summed E-state index contributed by atoms with van der Waals surface area (Å²) < 4.78 is 33.0. The number of nitrogens with zero attached hydrogens (tertiary/aromatic N) is 1. The predicted octanol–water partition coefficient (Wildman–Crippen LogP) is 3.63. The molecule has 7 nitrogen and oxygen atoms in total. The van der Waals surface area contributed by atoms with Crippen LogP contribution in [0.3, 0.4) is 0 Å². The summed E-state index contributed by atoms with van der Waals surface area (Å²) in [5.74, 6) is 0.743. The predicted molar refractivity (Wildman–Crippen MR) is 88.6 cm³/mol. The molecule has 0 saturated carbocycles. The Balaban J connectivity index is 1.86. The highest BCUT2D eigenvalue weighted by Crippen LogP contribution is 2.28. The highest BCUT2D eigenvalue weighted by atomic mass is 35.7. The number of nitro groups is 1. The zero-order valence-corrected chi connectivity index (χ0v) is 14.3. The highest BCUT2D eigenvalue weighted by molar-refractivity contribution is 8.13. The Hall–Kier alpha value is -2.03. The van der Waals surface area contributed by atoms with Crippen molar-refractivity contribution in [1.82, 2.24) is 0 Å². The lowest BCUT2D eigenvalue weighted by Crippen LogP contribution is -2.09. The van der Waals surface area contributed by atoms with Crippen molar-refractivity contribution in [3.05, 3.63) is 57.6 Å². The fourth-order valence-electron chi connectivity index (χ4n) is 1.73. The summed E-state index contributed by atoms with van der Waals surface area (Å²) in [5.41, 5.74) is -0.127. The molecule has 0 fully saturated rings. The minimum absolute atomic E-state index is 0.0228. The molecule has 2 aromatic carbocycles. The summed E-state index contributed by atoms with van der Waals surface area (Å²) in [7, 11) is 1.44. The fraction of sp³-hybridized carbons (Fsp3) is 0.143. The van der Waals surface area contributed by atoms with Crippen molar-refractivity contribution in [2.75, 3.05) is 13.2 Å². The summed E-state index contributed by atoms with van der Waals surface area (Å²) in [5, 5.41) is 10.7. The van der Waals surface area contributed by atoms with E-state index in [1.165, 1.54) is 42.5 Å².